The van der Waals surface area contributed by atoms with Crippen molar-refractivity contribution in [2.75, 3.05) is 13.7 Å². The Morgan fingerprint density at radius 3 is 3.07 bits per heavy atom. The second kappa shape index (κ2) is 4.64. The number of hydrogen-bond donors (Lipinski definition) is 2. The van der Waals surface area contributed by atoms with Gasteiger partial charge in [-0.25, -0.2) is 0 Å². The van der Waals surface area contributed by atoms with Gasteiger partial charge in [0.25, 0.3) is 0 Å². The molecular weight excluding hydrogens is 190 g/mol. The van der Waals surface area contributed by atoms with E-state index in [-0.39, 0.29) is 12.1 Å². The van der Waals surface area contributed by atoms with Crippen molar-refractivity contribution in [3.8, 4) is 5.75 Å². The van der Waals surface area contributed by atoms with Crippen molar-refractivity contribution < 1.29 is 9.84 Å². The van der Waals surface area contributed by atoms with E-state index in [0.29, 0.717) is 0 Å². The highest BCUT2D eigenvalue weighted by Gasteiger charge is 2.23. The van der Waals surface area contributed by atoms with Crippen LogP contribution in [0.2, 0.25) is 0 Å². The summed E-state index contributed by atoms with van der Waals surface area (Å²) >= 11 is 0. The fourth-order valence-electron chi connectivity index (χ4n) is 2.05. The molecule has 15 heavy (non-hydrogen) atoms. The smallest absolute Gasteiger partial charge is 0.119 e. The number of ether oxygens (including phenoxy) is 1. The fraction of sp³-hybridized carbons (Fsp3) is 0.500. The molecule has 0 bridgehead atoms. The topological polar surface area (TPSA) is 41.5 Å². The van der Waals surface area contributed by atoms with Crippen molar-refractivity contribution in [2.24, 2.45) is 0 Å². The predicted molar refractivity (Wildman–Crippen MR) is 59.0 cm³/mol. The summed E-state index contributed by atoms with van der Waals surface area (Å²) in [4.78, 5) is 0. The monoisotopic (exact) mass is 207 g/mol. The molecule has 3 nitrogen and oxygen atoms in total. The number of hydrogen-bond acceptors (Lipinski definition) is 3. The number of aliphatic hydroxyl groups is 1. The van der Waals surface area contributed by atoms with Crippen LogP contribution in [0.15, 0.2) is 24.3 Å². The van der Waals surface area contributed by atoms with Gasteiger partial charge < -0.3 is 15.2 Å². The molecule has 3 heteroatoms. The van der Waals surface area contributed by atoms with Gasteiger partial charge in [-0.2, -0.15) is 0 Å². The van der Waals surface area contributed by atoms with Crippen molar-refractivity contribution in [3.05, 3.63) is 29.8 Å². The normalized spacial score (nSPS) is 26.3. The zero-order valence-electron chi connectivity index (χ0n) is 8.94. The zero-order chi connectivity index (χ0) is 10.7. The van der Waals surface area contributed by atoms with Gasteiger partial charge in [-0.1, -0.05) is 12.1 Å². The molecule has 2 unspecified atom stereocenters. The van der Waals surface area contributed by atoms with Gasteiger partial charge in [-0.3, -0.25) is 0 Å². The molecule has 0 spiro atoms. The molecular formula is C12H17NO2. The summed E-state index contributed by atoms with van der Waals surface area (Å²) in [6.07, 6.45) is 1.63. The summed E-state index contributed by atoms with van der Waals surface area (Å²) in [5.41, 5.74) is 1.10. The van der Waals surface area contributed by atoms with Gasteiger partial charge in [-0.15, -0.1) is 0 Å². The van der Waals surface area contributed by atoms with Crippen molar-refractivity contribution in [1.29, 1.82) is 0 Å². The SMILES string of the molecule is COc1cccc(C2NCCCC2O)c1. The van der Waals surface area contributed by atoms with Crippen LogP contribution >= 0.6 is 0 Å². The summed E-state index contributed by atoms with van der Waals surface area (Å²) < 4.78 is 5.17. The molecule has 0 aromatic heterocycles. The number of nitrogens with one attached hydrogen (secondary N) is 1. The van der Waals surface area contributed by atoms with Crippen LogP contribution in [0.25, 0.3) is 0 Å². The summed E-state index contributed by atoms with van der Waals surface area (Å²) in [5.74, 6) is 0.840. The maximum Gasteiger partial charge on any atom is 0.119 e. The van der Waals surface area contributed by atoms with Crippen LogP contribution in [0.4, 0.5) is 0 Å². The van der Waals surface area contributed by atoms with Gasteiger partial charge in [0.15, 0.2) is 0 Å². The third kappa shape index (κ3) is 2.30. The van der Waals surface area contributed by atoms with Crippen molar-refractivity contribution >= 4 is 0 Å². The summed E-state index contributed by atoms with van der Waals surface area (Å²) in [6.45, 7) is 0.971. The maximum absolute atomic E-state index is 9.88. The first-order valence-electron chi connectivity index (χ1n) is 5.36. The average molecular weight is 207 g/mol. The van der Waals surface area contributed by atoms with E-state index in [2.05, 4.69) is 5.32 Å². The van der Waals surface area contributed by atoms with Crippen LogP contribution in [0, 0.1) is 0 Å². The first kappa shape index (κ1) is 10.5. The minimum Gasteiger partial charge on any atom is -0.497 e. The largest absolute Gasteiger partial charge is 0.497 e. The Morgan fingerprint density at radius 1 is 1.47 bits per heavy atom. The van der Waals surface area contributed by atoms with Gasteiger partial charge in [0.2, 0.25) is 0 Å². The van der Waals surface area contributed by atoms with Crippen LogP contribution in [-0.4, -0.2) is 24.9 Å². The molecule has 2 rings (SSSR count). The molecule has 1 aliphatic heterocycles. The highest BCUT2D eigenvalue weighted by Crippen LogP contribution is 2.25. The van der Waals surface area contributed by atoms with Crippen LogP contribution < -0.4 is 10.1 Å². The van der Waals surface area contributed by atoms with E-state index >= 15 is 0 Å². The van der Waals surface area contributed by atoms with Crippen LogP contribution in [0.1, 0.15) is 24.4 Å². The Hall–Kier alpha value is -1.06. The van der Waals surface area contributed by atoms with Gasteiger partial charge in [-0.05, 0) is 37.1 Å². The minimum atomic E-state index is -0.286. The molecule has 1 aliphatic rings. The molecule has 1 heterocycles. The quantitative estimate of drug-likeness (QED) is 0.772. The van der Waals surface area contributed by atoms with E-state index in [4.69, 9.17) is 4.74 Å². The van der Waals surface area contributed by atoms with Gasteiger partial charge in [0.05, 0.1) is 19.3 Å². The molecule has 0 amide bonds. The summed E-state index contributed by atoms with van der Waals surface area (Å²) in [5, 5.41) is 13.2. The summed E-state index contributed by atoms with van der Waals surface area (Å²) in [7, 11) is 1.66. The highest BCUT2D eigenvalue weighted by atomic mass is 16.5. The lowest BCUT2D eigenvalue weighted by atomic mass is 9.94. The Kier molecular flexibility index (Phi) is 3.23. The second-order valence-electron chi connectivity index (χ2n) is 3.92. The van der Waals surface area contributed by atoms with E-state index in [1.807, 2.05) is 24.3 Å². The van der Waals surface area contributed by atoms with Crippen molar-refractivity contribution in [2.45, 2.75) is 25.0 Å². The number of rotatable bonds is 2. The Balaban J connectivity index is 2.19. The van der Waals surface area contributed by atoms with Gasteiger partial charge in [0.1, 0.15) is 5.75 Å². The maximum atomic E-state index is 9.88. The van der Waals surface area contributed by atoms with E-state index in [0.717, 1.165) is 30.7 Å². The van der Waals surface area contributed by atoms with Crippen molar-refractivity contribution in [1.82, 2.24) is 5.32 Å². The molecule has 1 saturated heterocycles. The number of aliphatic hydroxyl groups excluding tert-OH is 1. The molecule has 0 radical (unpaired) electrons. The van der Waals surface area contributed by atoms with Gasteiger partial charge >= 0.3 is 0 Å². The highest BCUT2D eigenvalue weighted by molar-refractivity contribution is 5.31. The van der Waals surface area contributed by atoms with Crippen molar-refractivity contribution in [3.63, 3.8) is 0 Å². The average Bonchev–Trinajstić information content (AvgIpc) is 2.30. The molecule has 2 N–H and O–H groups in total. The summed E-state index contributed by atoms with van der Waals surface area (Å²) in [6, 6.07) is 7.92. The first-order chi connectivity index (χ1) is 7.31. The van der Waals surface area contributed by atoms with Crippen LogP contribution in [-0.2, 0) is 0 Å². The predicted octanol–water partition coefficient (Wildman–Crippen LogP) is 1.48. The molecule has 1 fully saturated rings. The molecule has 0 aliphatic carbocycles. The lowest BCUT2D eigenvalue weighted by Crippen LogP contribution is -2.37. The van der Waals surface area contributed by atoms with E-state index in [1.54, 1.807) is 7.11 Å². The second-order valence-corrected chi connectivity index (χ2v) is 3.92. The lowest BCUT2D eigenvalue weighted by molar-refractivity contribution is 0.0964. The van der Waals surface area contributed by atoms with E-state index in [9.17, 15) is 5.11 Å². The Labute approximate surface area is 90.1 Å². The van der Waals surface area contributed by atoms with E-state index < -0.39 is 0 Å². The molecule has 1 aromatic rings. The number of methoxy groups -OCH3 is 1. The number of piperidine rings is 1. The van der Waals surface area contributed by atoms with Crippen LogP contribution in [0.3, 0.4) is 0 Å². The lowest BCUT2D eigenvalue weighted by Gasteiger charge is -2.29. The first-order valence-corrected chi connectivity index (χ1v) is 5.36. The van der Waals surface area contributed by atoms with E-state index in [1.165, 1.54) is 0 Å². The standard InChI is InChI=1S/C12H17NO2/c1-15-10-5-2-4-9(8-10)12-11(14)6-3-7-13-12/h2,4-5,8,11-14H,3,6-7H2,1H3. The Morgan fingerprint density at radius 2 is 2.33 bits per heavy atom. The zero-order valence-corrected chi connectivity index (χ0v) is 8.94. The minimum absolute atomic E-state index is 0.0499. The molecule has 82 valence electrons. The van der Waals surface area contributed by atoms with Crippen LogP contribution in [0.5, 0.6) is 5.75 Å². The molecule has 1 aromatic carbocycles. The fourth-order valence-corrected chi connectivity index (χ4v) is 2.05. The molecule has 0 saturated carbocycles. The molecule has 2 atom stereocenters. The van der Waals surface area contributed by atoms with Gasteiger partial charge in [0, 0.05) is 0 Å². The third-order valence-corrected chi connectivity index (χ3v) is 2.88. The Bertz CT molecular complexity index is 327. The number of benzene rings is 1. The third-order valence-electron chi connectivity index (χ3n) is 2.88.